The predicted octanol–water partition coefficient (Wildman–Crippen LogP) is 3.62. The van der Waals surface area contributed by atoms with Gasteiger partial charge in [0.25, 0.3) is 5.91 Å². The number of carbonyl (C=O) groups excluding carboxylic acids is 2. The van der Waals surface area contributed by atoms with E-state index in [1.165, 1.54) is 6.26 Å². The normalized spacial score (nSPS) is 10.8. The predicted molar refractivity (Wildman–Crippen MR) is 114 cm³/mol. The summed E-state index contributed by atoms with van der Waals surface area (Å²) in [5.41, 5.74) is 2.61. The molecule has 1 aromatic carbocycles. The minimum atomic E-state index is -0.203. The monoisotopic (exact) mass is 401 g/mol. The van der Waals surface area contributed by atoms with Gasteiger partial charge in [0.2, 0.25) is 5.91 Å². The number of rotatable bonds is 10. The number of nitrogens with zero attached hydrogens (tertiary/aromatic N) is 2. The number of ether oxygens (including phenoxy) is 1. The summed E-state index contributed by atoms with van der Waals surface area (Å²) in [4.78, 5) is 28.7. The lowest BCUT2D eigenvalue weighted by molar-refractivity contribution is -0.116. The van der Waals surface area contributed by atoms with E-state index < -0.39 is 0 Å². The van der Waals surface area contributed by atoms with Crippen molar-refractivity contribution < 1.29 is 18.7 Å². The highest BCUT2D eigenvalue weighted by atomic mass is 16.5. The lowest BCUT2D eigenvalue weighted by Crippen LogP contribution is -2.33. The SMILES string of the molecule is COCCN(Cc1cc(NC(=O)CC(C)C)ccc1N(C)C)C(=O)c1ccco1. The van der Waals surface area contributed by atoms with Gasteiger partial charge >= 0.3 is 0 Å². The quantitative estimate of drug-likeness (QED) is 0.658. The molecule has 0 fully saturated rings. The lowest BCUT2D eigenvalue weighted by Gasteiger charge is -2.25. The molecule has 7 heteroatoms. The van der Waals surface area contributed by atoms with Gasteiger partial charge in [0.1, 0.15) is 0 Å². The zero-order valence-corrected chi connectivity index (χ0v) is 17.9. The van der Waals surface area contributed by atoms with Crippen LogP contribution in [0.5, 0.6) is 0 Å². The van der Waals surface area contributed by atoms with Gasteiger partial charge in [0.15, 0.2) is 5.76 Å². The molecule has 0 aliphatic rings. The number of furan rings is 1. The number of anilines is 2. The van der Waals surface area contributed by atoms with Crippen LogP contribution in [0.1, 0.15) is 36.4 Å². The molecule has 2 aromatic rings. The van der Waals surface area contributed by atoms with Gasteiger partial charge in [0.05, 0.1) is 12.9 Å². The van der Waals surface area contributed by atoms with Crippen molar-refractivity contribution in [1.82, 2.24) is 4.90 Å². The van der Waals surface area contributed by atoms with Crippen molar-refractivity contribution in [3.63, 3.8) is 0 Å². The Morgan fingerprint density at radius 2 is 1.97 bits per heavy atom. The molecule has 0 aliphatic carbocycles. The molecule has 29 heavy (non-hydrogen) atoms. The second-order valence-electron chi connectivity index (χ2n) is 7.58. The van der Waals surface area contributed by atoms with Crippen LogP contribution in [0.4, 0.5) is 11.4 Å². The van der Waals surface area contributed by atoms with E-state index in [4.69, 9.17) is 9.15 Å². The van der Waals surface area contributed by atoms with Crippen molar-refractivity contribution in [3.8, 4) is 0 Å². The van der Waals surface area contributed by atoms with Gasteiger partial charge in [-0.25, -0.2) is 0 Å². The summed E-state index contributed by atoms with van der Waals surface area (Å²) in [6.07, 6.45) is 1.94. The summed E-state index contributed by atoms with van der Waals surface area (Å²) >= 11 is 0. The standard InChI is InChI=1S/C22H31N3O4/c1-16(2)13-21(26)23-18-8-9-19(24(3)4)17(14-18)15-25(10-12-28-5)22(27)20-7-6-11-29-20/h6-9,11,14,16H,10,12-13,15H2,1-5H3,(H,23,26). The Balaban J connectivity index is 2.28. The maximum absolute atomic E-state index is 12.9. The minimum absolute atomic E-state index is 0.0218. The van der Waals surface area contributed by atoms with E-state index >= 15 is 0 Å². The average Bonchev–Trinajstić information content (AvgIpc) is 3.18. The van der Waals surface area contributed by atoms with Gasteiger partial charge in [0, 0.05) is 52.1 Å². The summed E-state index contributed by atoms with van der Waals surface area (Å²) < 4.78 is 10.5. The van der Waals surface area contributed by atoms with Crippen molar-refractivity contribution >= 4 is 23.2 Å². The molecule has 1 N–H and O–H groups in total. The fraction of sp³-hybridized carbons (Fsp3) is 0.455. The third-order valence-corrected chi connectivity index (χ3v) is 4.38. The highest BCUT2D eigenvalue weighted by Crippen LogP contribution is 2.25. The van der Waals surface area contributed by atoms with Crippen molar-refractivity contribution in [2.75, 3.05) is 44.6 Å². The van der Waals surface area contributed by atoms with Gasteiger partial charge in [-0.3, -0.25) is 9.59 Å². The molecule has 7 nitrogen and oxygen atoms in total. The highest BCUT2D eigenvalue weighted by Gasteiger charge is 2.20. The zero-order valence-electron chi connectivity index (χ0n) is 17.9. The Bertz CT molecular complexity index is 800. The molecule has 0 bridgehead atoms. The van der Waals surface area contributed by atoms with Crippen LogP contribution in [0, 0.1) is 5.92 Å². The van der Waals surface area contributed by atoms with Gasteiger partial charge in [-0.2, -0.15) is 0 Å². The second-order valence-corrected chi connectivity index (χ2v) is 7.58. The van der Waals surface area contributed by atoms with Crippen LogP contribution >= 0.6 is 0 Å². The summed E-state index contributed by atoms with van der Waals surface area (Å²) in [5, 5.41) is 2.95. The molecule has 0 saturated heterocycles. The van der Waals surface area contributed by atoms with Gasteiger partial charge in [-0.05, 0) is 41.8 Å². The Morgan fingerprint density at radius 1 is 1.21 bits per heavy atom. The van der Waals surface area contributed by atoms with Crippen molar-refractivity contribution in [1.29, 1.82) is 0 Å². The lowest BCUT2D eigenvalue weighted by atomic mass is 10.1. The molecule has 2 rings (SSSR count). The number of methoxy groups -OCH3 is 1. The number of hydrogen-bond acceptors (Lipinski definition) is 5. The van der Waals surface area contributed by atoms with Crippen LogP contribution in [-0.4, -0.2) is 51.1 Å². The van der Waals surface area contributed by atoms with E-state index in [2.05, 4.69) is 5.32 Å². The van der Waals surface area contributed by atoms with Crippen molar-refractivity contribution in [3.05, 3.63) is 47.9 Å². The fourth-order valence-corrected chi connectivity index (χ4v) is 3.02. The van der Waals surface area contributed by atoms with E-state index in [-0.39, 0.29) is 23.5 Å². The largest absolute Gasteiger partial charge is 0.459 e. The van der Waals surface area contributed by atoms with Crippen LogP contribution in [0.2, 0.25) is 0 Å². The van der Waals surface area contributed by atoms with E-state index in [9.17, 15) is 9.59 Å². The summed E-state index contributed by atoms with van der Waals surface area (Å²) in [7, 11) is 5.50. The van der Waals surface area contributed by atoms with Crippen LogP contribution in [0.15, 0.2) is 41.0 Å². The first kappa shape index (κ1) is 22.5. The molecule has 1 aromatic heterocycles. The molecule has 0 aliphatic heterocycles. The molecular formula is C22H31N3O4. The molecule has 1 heterocycles. The topological polar surface area (TPSA) is 75.0 Å². The number of benzene rings is 1. The van der Waals surface area contributed by atoms with E-state index in [1.54, 1.807) is 24.1 Å². The molecular weight excluding hydrogens is 370 g/mol. The molecule has 0 unspecified atom stereocenters. The molecule has 0 saturated carbocycles. The van der Waals surface area contributed by atoms with Crippen LogP contribution in [-0.2, 0) is 16.1 Å². The summed E-state index contributed by atoms with van der Waals surface area (Å²) in [6.45, 7) is 5.22. The maximum Gasteiger partial charge on any atom is 0.289 e. The number of hydrogen-bond donors (Lipinski definition) is 1. The van der Waals surface area contributed by atoms with E-state index in [1.807, 2.05) is 51.0 Å². The zero-order chi connectivity index (χ0) is 21.4. The molecule has 0 radical (unpaired) electrons. The fourth-order valence-electron chi connectivity index (χ4n) is 3.02. The Morgan fingerprint density at radius 3 is 2.55 bits per heavy atom. The first-order valence-corrected chi connectivity index (χ1v) is 9.73. The second kappa shape index (κ2) is 10.7. The maximum atomic E-state index is 12.9. The van der Waals surface area contributed by atoms with Crippen LogP contribution in [0.3, 0.4) is 0 Å². The van der Waals surface area contributed by atoms with E-state index in [0.717, 1.165) is 11.3 Å². The van der Waals surface area contributed by atoms with Crippen LogP contribution < -0.4 is 10.2 Å². The summed E-state index contributed by atoms with van der Waals surface area (Å²) in [5.74, 6) is 0.345. The smallest absolute Gasteiger partial charge is 0.289 e. The van der Waals surface area contributed by atoms with Gasteiger partial charge in [-0.15, -0.1) is 0 Å². The molecule has 158 valence electrons. The number of nitrogens with one attached hydrogen (secondary N) is 1. The third-order valence-electron chi connectivity index (χ3n) is 4.38. The Labute approximate surface area is 172 Å². The van der Waals surface area contributed by atoms with E-state index in [0.29, 0.717) is 31.8 Å². The molecule has 0 spiro atoms. The minimum Gasteiger partial charge on any atom is -0.459 e. The third kappa shape index (κ3) is 6.64. The number of amides is 2. The first-order chi connectivity index (χ1) is 13.8. The Hall–Kier alpha value is -2.80. The first-order valence-electron chi connectivity index (χ1n) is 9.73. The van der Waals surface area contributed by atoms with Crippen molar-refractivity contribution in [2.45, 2.75) is 26.8 Å². The van der Waals surface area contributed by atoms with Gasteiger partial charge in [-0.1, -0.05) is 13.8 Å². The molecule has 0 atom stereocenters. The Kier molecular flexibility index (Phi) is 8.27. The average molecular weight is 402 g/mol. The van der Waals surface area contributed by atoms with Crippen molar-refractivity contribution in [2.24, 2.45) is 5.92 Å². The number of carbonyl (C=O) groups is 2. The molecule has 2 amide bonds. The van der Waals surface area contributed by atoms with Crippen LogP contribution in [0.25, 0.3) is 0 Å². The highest BCUT2D eigenvalue weighted by molar-refractivity contribution is 5.92. The van der Waals surface area contributed by atoms with Gasteiger partial charge < -0.3 is 24.3 Å². The summed E-state index contributed by atoms with van der Waals surface area (Å²) in [6, 6.07) is 9.09.